The molecule has 336 valence electrons. The van der Waals surface area contributed by atoms with Crippen LogP contribution in [-0.4, -0.2) is 102 Å². The maximum absolute atomic E-state index is 13.7. The first-order valence-electron chi connectivity index (χ1n) is 19.9. The zero-order chi connectivity index (χ0) is 45.9. The van der Waals surface area contributed by atoms with E-state index in [9.17, 15) is 24.0 Å². The molecule has 2 fully saturated rings. The van der Waals surface area contributed by atoms with E-state index in [4.69, 9.17) is 82.8 Å². The minimum Gasteiger partial charge on any atom is -0.459 e. The lowest BCUT2D eigenvalue weighted by Crippen LogP contribution is -2.45. The Bertz CT molecular complexity index is 2430. The summed E-state index contributed by atoms with van der Waals surface area (Å²) in [5.41, 5.74) is 0.717. The molecule has 0 amide bonds. The zero-order valence-electron chi connectivity index (χ0n) is 33.8. The standard InChI is InChI=1S/C47H38Cl3NO14/c48-47(49,50)46(51)65-45-38(64-43(56)32-24-14-5-15-25-32)36(62-41(54)30-20-10-3-11-21-30)34(60-45)27-58-44-37(63-42(55)31-22-12-4-13-23-31)35(61-40(53)29-18-8-2-9-19-29)33(59-44)26-57-39(52)28-16-6-1-7-17-28/h1-25,33-38,44-45,51H,26-27H2/t33-,34-,35-,36-,37+,38+,44+,45-/m0/s1. The fraction of sp³-hybridized carbons (Fsp3) is 0.234. The summed E-state index contributed by atoms with van der Waals surface area (Å²) >= 11 is 17.9. The number of rotatable bonds is 15. The molecule has 18 heteroatoms. The van der Waals surface area contributed by atoms with E-state index in [1.807, 2.05) is 0 Å². The van der Waals surface area contributed by atoms with Gasteiger partial charge in [-0.25, -0.2) is 24.0 Å². The Morgan fingerprint density at radius 1 is 0.431 bits per heavy atom. The second-order valence-corrected chi connectivity index (χ2v) is 16.6. The largest absolute Gasteiger partial charge is 0.459 e. The Morgan fingerprint density at radius 2 is 0.738 bits per heavy atom. The molecular weight excluding hydrogens is 909 g/mol. The van der Waals surface area contributed by atoms with Gasteiger partial charge in [-0.3, -0.25) is 5.41 Å². The molecule has 5 aromatic carbocycles. The van der Waals surface area contributed by atoms with Crippen LogP contribution in [0.4, 0.5) is 0 Å². The van der Waals surface area contributed by atoms with Crippen molar-refractivity contribution in [2.24, 2.45) is 0 Å². The molecule has 2 aliphatic rings. The lowest BCUT2D eigenvalue weighted by atomic mass is 10.1. The van der Waals surface area contributed by atoms with Gasteiger partial charge in [0.2, 0.25) is 18.3 Å². The number of carbonyl (C=O) groups excluding carboxylic acids is 5. The minimum absolute atomic E-state index is 0.105. The maximum Gasteiger partial charge on any atom is 0.338 e. The molecular formula is C47H38Cl3NO14. The van der Waals surface area contributed by atoms with E-state index in [0.717, 1.165) is 0 Å². The molecule has 65 heavy (non-hydrogen) atoms. The van der Waals surface area contributed by atoms with Crippen LogP contribution in [0.1, 0.15) is 51.8 Å². The summed E-state index contributed by atoms with van der Waals surface area (Å²) in [6, 6.07) is 39.7. The summed E-state index contributed by atoms with van der Waals surface area (Å²) in [6.07, 6.45) is -12.2. The summed E-state index contributed by atoms with van der Waals surface area (Å²) < 4.78 is 51.2. The molecule has 2 heterocycles. The van der Waals surface area contributed by atoms with Gasteiger partial charge in [-0.05, 0) is 60.7 Å². The van der Waals surface area contributed by atoms with Crippen molar-refractivity contribution in [2.75, 3.05) is 13.2 Å². The SMILES string of the molecule is N=C(O[C@@H]1O[C@@H](CO[C@@H]2O[C@@H](COC(=O)c3ccccc3)[C@H](OC(=O)c3ccccc3)[C@H]2OC(=O)c2ccccc2)[C@H](OC(=O)c2ccccc2)[C@H]1OC(=O)c1ccccc1)C(Cl)(Cl)Cl. The molecule has 0 radical (unpaired) electrons. The molecule has 8 atom stereocenters. The molecule has 0 aromatic heterocycles. The van der Waals surface area contributed by atoms with Crippen molar-refractivity contribution in [1.29, 1.82) is 5.41 Å². The van der Waals surface area contributed by atoms with Gasteiger partial charge in [-0.1, -0.05) is 126 Å². The van der Waals surface area contributed by atoms with Gasteiger partial charge in [0, 0.05) is 0 Å². The summed E-state index contributed by atoms with van der Waals surface area (Å²) in [4.78, 5) is 67.7. The van der Waals surface area contributed by atoms with Gasteiger partial charge in [0.25, 0.3) is 3.79 Å². The van der Waals surface area contributed by atoms with Crippen LogP contribution in [0.2, 0.25) is 0 Å². The van der Waals surface area contributed by atoms with Gasteiger partial charge >= 0.3 is 29.8 Å². The molecule has 0 spiro atoms. The summed E-state index contributed by atoms with van der Waals surface area (Å²) in [6.45, 7) is -1.11. The first-order valence-corrected chi connectivity index (χ1v) is 21.0. The van der Waals surface area contributed by atoms with Gasteiger partial charge in [-0.15, -0.1) is 0 Å². The van der Waals surface area contributed by atoms with Gasteiger partial charge in [0.1, 0.15) is 18.8 Å². The van der Waals surface area contributed by atoms with E-state index in [2.05, 4.69) is 0 Å². The lowest BCUT2D eigenvalue weighted by Gasteiger charge is -2.26. The van der Waals surface area contributed by atoms with Crippen molar-refractivity contribution >= 4 is 70.5 Å². The third-order valence-electron chi connectivity index (χ3n) is 9.85. The first kappa shape index (κ1) is 46.7. The predicted octanol–water partition coefficient (Wildman–Crippen LogP) is 7.58. The first-order chi connectivity index (χ1) is 31.4. The number of ether oxygens (including phenoxy) is 9. The van der Waals surface area contributed by atoms with Gasteiger partial charge in [-0.2, -0.15) is 0 Å². The number of nitrogens with one attached hydrogen (secondary N) is 1. The average Bonchev–Trinajstić information content (AvgIpc) is 3.82. The van der Waals surface area contributed by atoms with Gasteiger partial charge in [0.05, 0.1) is 34.4 Å². The van der Waals surface area contributed by atoms with Crippen LogP contribution in [0, 0.1) is 5.41 Å². The Balaban J connectivity index is 1.21. The number of carbonyl (C=O) groups is 5. The predicted molar refractivity (Wildman–Crippen MR) is 232 cm³/mol. The van der Waals surface area contributed by atoms with Crippen LogP contribution in [0.15, 0.2) is 152 Å². The van der Waals surface area contributed by atoms with Crippen molar-refractivity contribution in [3.05, 3.63) is 179 Å². The molecule has 2 saturated heterocycles. The highest BCUT2D eigenvalue weighted by Crippen LogP contribution is 2.36. The van der Waals surface area contributed by atoms with Crippen LogP contribution in [0.5, 0.6) is 0 Å². The molecule has 0 saturated carbocycles. The van der Waals surface area contributed by atoms with E-state index in [0.29, 0.717) is 0 Å². The maximum atomic E-state index is 13.7. The smallest absolute Gasteiger partial charge is 0.338 e. The van der Waals surface area contributed by atoms with E-state index < -0.39 is 102 Å². The Morgan fingerprint density at radius 3 is 1.11 bits per heavy atom. The molecule has 1 N–H and O–H groups in total. The molecule has 7 rings (SSSR count). The quantitative estimate of drug-likeness (QED) is 0.0355. The average molecular weight is 947 g/mol. The summed E-state index contributed by atoms with van der Waals surface area (Å²) in [5.74, 6) is -5.10. The van der Waals surface area contributed by atoms with Crippen LogP contribution < -0.4 is 0 Å². The number of alkyl halides is 3. The third-order valence-corrected chi connectivity index (χ3v) is 10.4. The fourth-order valence-electron chi connectivity index (χ4n) is 6.67. The van der Waals surface area contributed by atoms with Crippen molar-refractivity contribution < 1.29 is 66.6 Å². The van der Waals surface area contributed by atoms with Crippen LogP contribution in [0.25, 0.3) is 0 Å². The number of benzene rings is 5. The fourth-order valence-corrected chi connectivity index (χ4v) is 6.80. The number of hydrogen-bond donors (Lipinski definition) is 1. The van der Waals surface area contributed by atoms with Gasteiger partial charge < -0.3 is 42.6 Å². The molecule has 0 unspecified atom stereocenters. The minimum atomic E-state index is -2.40. The number of halogens is 3. The third kappa shape index (κ3) is 12.1. The van der Waals surface area contributed by atoms with E-state index in [1.54, 1.807) is 103 Å². The summed E-state index contributed by atoms with van der Waals surface area (Å²) in [5, 5.41) is 8.31. The second kappa shape index (κ2) is 21.6. The van der Waals surface area contributed by atoms with Crippen LogP contribution in [-0.2, 0) is 42.6 Å². The Hall–Kier alpha value is -6.33. The number of esters is 5. The van der Waals surface area contributed by atoms with Crippen molar-refractivity contribution in [2.45, 2.75) is 53.0 Å². The number of hydrogen-bond acceptors (Lipinski definition) is 15. The second-order valence-electron chi connectivity index (χ2n) is 14.3. The van der Waals surface area contributed by atoms with Crippen molar-refractivity contribution in [1.82, 2.24) is 0 Å². The highest BCUT2D eigenvalue weighted by atomic mass is 35.6. The van der Waals surface area contributed by atoms with E-state index in [1.165, 1.54) is 48.5 Å². The van der Waals surface area contributed by atoms with Crippen molar-refractivity contribution in [3.63, 3.8) is 0 Å². The molecule has 15 nitrogen and oxygen atoms in total. The molecule has 2 aliphatic heterocycles. The van der Waals surface area contributed by atoms with Crippen molar-refractivity contribution in [3.8, 4) is 0 Å². The highest BCUT2D eigenvalue weighted by Gasteiger charge is 2.55. The van der Waals surface area contributed by atoms with Gasteiger partial charge in [0.15, 0.2) is 24.6 Å². The monoisotopic (exact) mass is 945 g/mol. The molecule has 5 aromatic rings. The van der Waals surface area contributed by atoms with E-state index in [-0.39, 0.29) is 27.8 Å². The Kier molecular flexibility index (Phi) is 15.5. The van der Waals surface area contributed by atoms with E-state index >= 15 is 0 Å². The highest BCUT2D eigenvalue weighted by molar-refractivity contribution is 6.76. The van der Waals surface area contributed by atoms with Crippen LogP contribution >= 0.6 is 34.8 Å². The zero-order valence-corrected chi connectivity index (χ0v) is 36.1. The molecule has 0 aliphatic carbocycles. The summed E-state index contributed by atoms with van der Waals surface area (Å²) in [7, 11) is 0. The topological polar surface area (TPSA) is 192 Å². The van der Waals surface area contributed by atoms with Crippen LogP contribution in [0.3, 0.4) is 0 Å². The molecule has 0 bridgehead atoms. The Labute approximate surface area is 386 Å². The normalized spacial score (nSPS) is 22.5. The lowest BCUT2D eigenvalue weighted by molar-refractivity contribution is -0.197.